The van der Waals surface area contributed by atoms with Crippen molar-refractivity contribution in [1.82, 2.24) is 5.32 Å². The summed E-state index contributed by atoms with van der Waals surface area (Å²) >= 11 is 6.02. The predicted molar refractivity (Wildman–Crippen MR) is 88.8 cm³/mol. The van der Waals surface area contributed by atoms with Crippen molar-refractivity contribution >= 4 is 11.6 Å². The second kappa shape index (κ2) is 8.16. The van der Waals surface area contributed by atoms with E-state index in [0.717, 1.165) is 29.8 Å². The minimum Gasteiger partial charge on any atom is -0.489 e. The number of benzene rings is 2. The lowest BCUT2D eigenvalue weighted by atomic mass is 10.1. The standard InChI is InChI=1S/C18H21ClFNO/c1-3-13(2)21-11-14-6-4-5-7-18(14)22-12-15-8-9-16(20)10-17(15)19/h4-10,13,21H,3,11-12H2,1-2H3/t13-/m1/s1. The average molecular weight is 322 g/mol. The molecule has 1 atom stereocenters. The van der Waals surface area contributed by atoms with Crippen molar-refractivity contribution in [2.45, 2.75) is 39.5 Å². The highest BCUT2D eigenvalue weighted by atomic mass is 35.5. The smallest absolute Gasteiger partial charge is 0.124 e. The van der Waals surface area contributed by atoms with Crippen LogP contribution in [0.1, 0.15) is 31.4 Å². The molecule has 0 amide bonds. The first-order valence-electron chi connectivity index (χ1n) is 7.48. The molecule has 1 N–H and O–H groups in total. The highest BCUT2D eigenvalue weighted by Gasteiger charge is 2.07. The second-order valence-electron chi connectivity index (χ2n) is 5.32. The van der Waals surface area contributed by atoms with Gasteiger partial charge in [0, 0.05) is 23.7 Å². The highest BCUT2D eigenvalue weighted by Crippen LogP contribution is 2.22. The predicted octanol–water partition coefficient (Wildman–Crippen LogP) is 4.95. The minimum atomic E-state index is -0.341. The van der Waals surface area contributed by atoms with Crippen LogP contribution in [0.25, 0.3) is 0 Å². The minimum absolute atomic E-state index is 0.319. The Morgan fingerprint density at radius 2 is 1.95 bits per heavy atom. The van der Waals surface area contributed by atoms with Crippen LogP contribution in [0.3, 0.4) is 0 Å². The maximum absolute atomic E-state index is 13.1. The van der Waals surface area contributed by atoms with Crippen LogP contribution in [0.4, 0.5) is 4.39 Å². The summed E-state index contributed by atoms with van der Waals surface area (Å²) in [6.45, 7) is 5.38. The first kappa shape index (κ1) is 16.8. The molecule has 2 aromatic rings. The highest BCUT2D eigenvalue weighted by molar-refractivity contribution is 6.31. The topological polar surface area (TPSA) is 21.3 Å². The van der Waals surface area contributed by atoms with E-state index >= 15 is 0 Å². The molecular weight excluding hydrogens is 301 g/mol. The Bertz CT molecular complexity index is 618. The molecule has 0 unspecified atom stereocenters. The van der Waals surface area contributed by atoms with Crippen molar-refractivity contribution in [1.29, 1.82) is 0 Å². The van der Waals surface area contributed by atoms with Crippen LogP contribution in [-0.2, 0) is 13.2 Å². The second-order valence-corrected chi connectivity index (χ2v) is 5.73. The molecule has 2 aromatic carbocycles. The van der Waals surface area contributed by atoms with Gasteiger partial charge in [0.05, 0.1) is 5.02 Å². The van der Waals surface area contributed by atoms with Crippen molar-refractivity contribution in [3.63, 3.8) is 0 Å². The lowest BCUT2D eigenvalue weighted by Crippen LogP contribution is -2.24. The molecule has 2 nitrogen and oxygen atoms in total. The lowest BCUT2D eigenvalue weighted by molar-refractivity contribution is 0.301. The molecule has 0 saturated carbocycles. The molecule has 0 aliphatic carbocycles. The molecule has 0 aliphatic heterocycles. The fraction of sp³-hybridized carbons (Fsp3) is 0.333. The van der Waals surface area contributed by atoms with E-state index in [-0.39, 0.29) is 5.82 Å². The van der Waals surface area contributed by atoms with Gasteiger partial charge in [-0.25, -0.2) is 4.39 Å². The lowest BCUT2D eigenvalue weighted by Gasteiger charge is -2.15. The molecule has 22 heavy (non-hydrogen) atoms. The van der Waals surface area contributed by atoms with E-state index in [0.29, 0.717) is 17.7 Å². The number of ether oxygens (including phenoxy) is 1. The number of hydrogen-bond acceptors (Lipinski definition) is 2. The molecule has 0 radical (unpaired) electrons. The molecule has 0 fully saturated rings. The van der Waals surface area contributed by atoms with Crippen molar-refractivity contribution in [3.8, 4) is 5.75 Å². The zero-order chi connectivity index (χ0) is 15.9. The van der Waals surface area contributed by atoms with Gasteiger partial charge < -0.3 is 10.1 Å². The molecule has 0 aromatic heterocycles. The van der Waals surface area contributed by atoms with E-state index in [2.05, 4.69) is 19.2 Å². The van der Waals surface area contributed by atoms with Crippen LogP contribution >= 0.6 is 11.6 Å². The Kier molecular flexibility index (Phi) is 6.22. The quantitative estimate of drug-likeness (QED) is 0.779. The normalized spacial score (nSPS) is 12.2. The Balaban J connectivity index is 2.03. The maximum atomic E-state index is 13.1. The van der Waals surface area contributed by atoms with Crippen LogP contribution in [0.5, 0.6) is 5.75 Å². The fourth-order valence-corrected chi connectivity index (χ4v) is 2.24. The average Bonchev–Trinajstić information content (AvgIpc) is 2.52. The summed E-state index contributed by atoms with van der Waals surface area (Å²) in [5, 5.41) is 3.83. The van der Waals surface area contributed by atoms with E-state index in [1.807, 2.05) is 24.3 Å². The summed E-state index contributed by atoms with van der Waals surface area (Å²) in [6.07, 6.45) is 1.08. The van der Waals surface area contributed by atoms with Crippen molar-refractivity contribution in [2.75, 3.05) is 0 Å². The molecule has 2 rings (SSSR count). The monoisotopic (exact) mass is 321 g/mol. The van der Waals surface area contributed by atoms with Gasteiger partial charge in [-0.3, -0.25) is 0 Å². The number of hydrogen-bond donors (Lipinski definition) is 1. The third kappa shape index (κ3) is 4.72. The van der Waals surface area contributed by atoms with Gasteiger partial charge in [-0.05, 0) is 31.5 Å². The third-order valence-electron chi connectivity index (χ3n) is 3.62. The van der Waals surface area contributed by atoms with Crippen LogP contribution in [0.15, 0.2) is 42.5 Å². The zero-order valence-electron chi connectivity index (χ0n) is 12.9. The van der Waals surface area contributed by atoms with Crippen LogP contribution in [-0.4, -0.2) is 6.04 Å². The van der Waals surface area contributed by atoms with Gasteiger partial charge in [0.2, 0.25) is 0 Å². The number of halogens is 2. The van der Waals surface area contributed by atoms with Crippen LogP contribution in [0, 0.1) is 5.82 Å². The maximum Gasteiger partial charge on any atom is 0.124 e. The molecule has 118 valence electrons. The molecule has 0 heterocycles. The van der Waals surface area contributed by atoms with E-state index in [4.69, 9.17) is 16.3 Å². The first-order valence-corrected chi connectivity index (χ1v) is 7.86. The molecule has 0 spiro atoms. The summed E-state index contributed by atoms with van der Waals surface area (Å²) < 4.78 is 18.9. The van der Waals surface area contributed by atoms with Crippen LogP contribution < -0.4 is 10.1 Å². The van der Waals surface area contributed by atoms with Crippen molar-refractivity contribution in [3.05, 3.63) is 64.4 Å². The van der Waals surface area contributed by atoms with Crippen molar-refractivity contribution in [2.24, 2.45) is 0 Å². The zero-order valence-corrected chi connectivity index (χ0v) is 13.7. The van der Waals surface area contributed by atoms with Gasteiger partial charge >= 0.3 is 0 Å². The van der Waals surface area contributed by atoms with Crippen molar-refractivity contribution < 1.29 is 9.13 Å². The van der Waals surface area contributed by atoms with Gasteiger partial charge in [0.1, 0.15) is 18.2 Å². The summed E-state index contributed by atoms with van der Waals surface area (Å²) in [7, 11) is 0. The van der Waals surface area contributed by atoms with Gasteiger partial charge in [-0.2, -0.15) is 0 Å². The summed E-state index contributed by atoms with van der Waals surface area (Å²) in [5.41, 5.74) is 1.87. The third-order valence-corrected chi connectivity index (χ3v) is 3.98. The Morgan fingerprint density at radius 1 is 1.18 bits per heavy atom. The van der Waals surface area contributed by atoms with Gasteiger partial charge in [0.25, 0.3) is 0 Å². The summed E-state index contributed by atoms with van der Waals surface area (Å²) in [5.74, 6) is 0.477. The van der Waals surface area contributed by atoms with Gasteiger partial charge in [0.15, 0.2) is 0 Å². The van der Waals surface area contributed by atoms with Gasteiger partial charge in [-0.15, -0.1) is 0 Å². The van der Waals surface area contributed by atoms with E-state index < -0.39 is 0 Å². The molecule has 4 heteroatoms. The number of nitrogens with one attached hydrogen (secondary N) is 1. The molecular formula is C18H21ClFNO. The summed E-state index contributed by atoms with van der Waals surface area (Å²) in [6, 6.07) is 12.7. The SMILES string of the molecule is CC[C@@H](C)NCc1ccccc1OCc1ccc(F)cc1Cl. The Labute approximate surface area is 136 Å². The van der Waals surface area contributed by atoms with Gasteiger partial charge in [-0.1, -0.05) is 42.8 Å². The van der Waals surface area contributed by atoms with E-state index in [9.17, 15) is 4.39 Å². The largest absolute Gasteiger partial charge is 0.489 e. The van der Waals surface area contributed by atoms with E-state index in [1.54, 1.807) is 6.07 Å². The summed E-state index contributed by atoms with van der Waals surface area (Å²) in [4.78, 5) is 0. The number of para-hydroxylation sites is 1. The molecule has 0 aliphatic rings. The number of rotatable bonds is 7. The fourth-order valence-electron chi connectivity index (χ4n) is 2.01. The molecule has 0 bridgehead atoms. The van der Waals surface area contributed by atoms with E-state index in [1.165, 1.54) is 12.1 Å². The Morgan fingerprint density at radius 3 is 2.68 bits per heavy atom. The Hall–Kier alpha value is -1.58. The molecule has 0 saturated heterocycles. The van der Waals surface area contributed by atoms with Crippen LogP contribution in [0.2, 0.25) is 5.02 Å². The first-order chi connectivity index (χ1) is 10.6.